The number of nitrogens with zero attached hydrogens (tertiary/aromatic N) is 1. The van der Waals surface area contributed by atoms with Gasteiger partial charge in [0.1, 0.15) is 0 Å². The van der Waals surface area contributed by atoms with Gasteiger partial charge in [-0.3, -0.25) is 4.79 Å². The van der Waals surface area contributed by atoms with E-state index in [1.54, 1.807) is 0 Å². The summed E-state index contributed by atoms with van der Waals surface area (Å²) in [4.78, 5) is 14.8. The van der Waals surface area contributed by atoms with E-state index in [2.05, 4.69) is 29.4 Å². The molecule has 4 nitrogen and oxygen atoms in total. The minimum atomic E-state index is -0.252. The third kappa shape index (κ3) is 3.93. The highest BCUT2D eigenvalue weighted by Gasteiger charge is 2.36. The standard InChI is InChI=1S/C15H29N3O/c1-15(2,13-6-5-7-16-12-13)14(19)17-8-11-18-9-3-4-10-18/h13,16H,3-12H2,1-2H3,(H,17,19). The highest BCUT2D eigenvalue weighted by Crippen LogP contribution is 2.31. The lowest BCUT2D eigenvalue weighted by atomic mass is 9.74. The molecule has 0 spiro atoms. The van der Waals surface area contributed by atoms with Gasteiger partial charge in [0.2, 0.25) is 5.91 Å². The van der Waals surface area contributed by atoms with Gasteiger partial charge in [0.05, 0.1) is 0 Å². The Morgan fingerprint density at radius 3 is 2.68 bits per heavy atom. The predicted molar refractivity (Wildman–Crippen MR) is 78.1 cm³/mol. The van der Waals surface area contributed by atoms with Crippen LogP contribution in [0.5, 0.6) is 0 Å². The molecule has 2 saturated heterocycles. The molecule has 0 bridgehead atoms. The first-order valence-electron chi connectivity index (χ1n) is 7.82. The molecule has 0 aromatic heterocycles. The minimum absolute atomic E-state index is 0.223. The third-order valence-corrected chi connectivity index (χ3v) is 4.81. The highest BCUT2D eigenvalue weighted by atomic mass is 16.2. The maximum atomic E-state index is 12.4. The predicted octanol–water partition coefficient (Wildman–Crippen LogP) is 1.22. The van der Waals surface area contributed by atoms with Crippen LogP contribution in [0.2, 0.25) is 0 Å². The first-order valence-corrected chi connectivity index (χ1v) is 7.82. The molecule has 2 aliphatic rings. The van der Waals surface area contributed by atoms with Gasteiger partial charge in [-0.15, -0.1) is 0 Å². The van der Waals surface area contributed by atoms with Gasteiger partial charge in [0.15, 0.2) is 0 Å². The molecule has 0 saturated carbocycles. The summed E-state index contributed by atoms with van der Waals surface area (Å²) in [7, 11) is 0. The molecular weight excluding hydrogens is 238 g/mol. The number of piperidine rings is 1. The molecule has 2 N–H and O–H groups in total. The lowest BCUT2D eigenvalue weighted by molar-refractivity contribution is -0.132. The van der Waals surface area contributed by atoms with Crippen molar-refractivity contribution in [2.24, 2.45) is 11.3 Å². The molecule has 1 amide bonds. The van der Waals surface area contributed by atoms with Crippen molar-refractivity contribution >= 4 is 5.91 Å². The summed E-state index contributed by atoms with van der Waals surface area (Å²) in [5.74, 6) is 0.688. The van der Waals surface area contributed by atoms with Gasteiger partial charge in [-0.1, -0.05) is 13.8 Å². The lowest BCUT2D eigenvalue weighted by Crippen LogP contribution is -2.48. The molecule has 2 rings (SSSR count). The quantitative estimate of drug-likeness (QED) is 0.787. The average molecular weight is 267 g/mol. The number of carbonyl (C=O) groups excluding carboxylic acids is 1. The fourth-order valence-electron chi connectivity index (χ4n) is 3.21. The third-order valence-electron chi connectivity index (χ3n) is 4.81. The Balaban J connectivity index is 1.73. The minimum Gasteiger partial charge on any atom is -0.354 e. The van der Waals surface area contributed by atoms with E-state index in [4.69, 9.17) is 0 Å². The van der Waals surface area contributed by atoms with Crippen LogP contribution < -0.4 is 10.6 Å². The summed E-state index contributed by atoms with van der Waals surface area (Å²) in [5, 5.41) is 6.55. The van der Waals surface area contributed by atoms with Gasteiger partial charge in [0.25, 0.3) is 0 Å². The highest BCUT2D eigenvalue weighted by molar-refractivity contribution is 5.82. The first-order chi connectivity index (χ1) is 9.10. The molecule has 0 radical (unpaired) electrons. The Kier molecular flexibility index (Phi) is 5.22. The second kappa shape index (κ2) is 6.71. The number of hydrogen-bond acceptors (Lipinski definition) is 3. The summed E-state index contributed by atoms with van der Waals surface area (Å²) >= 11 is 0. The van der Waals surface area contributed by atoms with Crippen molar-refractivity contribution in [2.45, 2.75) is 39.5 Å². The summed E-state index contributed by atoms with van der Waals surface area (Å²) in [6, 6.07) is 0. The number of hydrogen-bond donors (Lipinski definition) is 2. The fraction of sp³-hybridized carbons (Fsp3) is 0.933. The molecular formula is C15H29N3O. The Bertz CT molecular complexity index is 292. The zero-order valence-electron chi connectivity index (χ0n) is 12.5. The molecule has 19 heavy (non-hydrogen) atoms. The summed E-state index contributed by atoms with van der Waals surface area (Å²) in [5.41, 5.74) is -0.252. The number of rotatable bonds is 5. The molecule has 0 aromatic rings. The van der Waals surface area contributed by atoms with Crippen LogP contribution in [-0.2, 0) is 4.79 Å². The van der Waals surface area contributed by atoms with Crippen LogP contribution in [-0.4, -0.2) is 50.1 Å². The van der Waals surface area contributed by atoms with Crippen LogP contribution in [0.15, 0.2) is 0 Å². The van der Waals surface area contributed by atoms with Crippen LogP contribution in [0.3, 0.4) is 0 Å². The van der Waals surface area contributed by atoms with Crippen molar-refractivity contribution in [2.75, 3.05) is 39.3 Å². The van der Waals surface area contributed by atoms with Gasteiger partial charge in [-0.25, -0.2) is 0 Å². The Morgan fingerprint density at radius 2 is 2.05 bits per heavy atom. The number of carbonyl (C=O) groups is 1. The van der Waals surface area contributed by atoms with Gasteiger partial charge in [-0.2, -0.15) is 0 Å². The van der Waals surface area contributed by atoms with E-state index in [1.807, 2.05) is 0 Å². The van der Waals surface area contributed by atoms with E-state index in [-0.39, 0.29) is 11.3 Å². The number of nitrogens with one attached hydrogen (secondary N) is 2. The van der Waals surface area contributed by atoms with Crippen molar-refractivity contribution < 1.29 is 4.79 Å². The zero-order chi connectivity index (χ0) is 13.7. The Hall–Kier alpha value is -0.610. The smallest absolute Gasteiger partial charge is 0.226 e. The number of likely N-dealkylation sites (tertiary alicyclic amines) is 1. The first kappa shape index (κ1) is 14.8. The van der Waals surface area contributed by atoms with E-state index in [1.165, 1.54) is 38.8 Å². The summed E-state index contributed by atoms with van der Waals surface area (Å²) in [6.45, 7) is 10.5. The molecule has 2 fully saturated rings. The average Bonchev–Trinajstić information content (AvgIpc) is 2.93. The molecule has 0 aromatic carbocycles. The fourth-order valence-corrected chi connectivity index (χ4v) is 3.21. The largest absolute Gasteiger partial charge is 0.354 e. The lowest BCUT2D eigenvalue weighted by Gasteiger charge is -2.36. The van der Waals surface area contributed by atoms with Gasteiger partial charge >= 0.3 is 0 Å². The SMILES string of the molecule is CC(C)(C(=O)NCCN1CCCC1)C1CCCNC1. The van der Waals surface area contributed by atoms with Crippen molar-refractivity contribution in [3.05, 3.63) is 0 Å². The molecule has 1 atom stereocenters. The van der Waals surface area contributed by atoms with Gasteiger partial charge in [0, 0.05) is 18.5 Å². The maximum absolute atomic E-state index is 12.4. The monoisotopic (exact) mass is 267 g/mol. The van der Waals surface area contributed by atoms with Crippen LogP contribution in [0, 0.1) is 11.3 Å². The van der Waals surface area contributed by atoms with E-state index < -0.39 is 0 Å². The van der Waals surface area contributed by atoms with Crippen LogP contribution in [0.4, 0.5) is 0 Å². The maximum Gasteiger partial charge on any atom is 0.226 e. The van der Waals surface area contributed by atoms with Crippen molar-refractivity contribution in [3.63, 3.8) is 0 Å². The molecule has 2 heterocycles. The van der Waals surface area contributed by atoms with Crippen molar-refractivity contribution in [1.82, 2.24) is 15.5 Å². The molecule has 4 heteroatoms. The second-order valence-corrected chi connectivity index (χ2v) is 6.57. The van der Waals surface area contributed by atoms with E-state index >= 15 is 0 Å². The summed E-state index contributed by atoms with van der Waals surface area (Å²) < 4.78 is 0. The summed E-state index contributed by atoms with van der Waals surface area (Å²) in [6.07, 6.45) is 4.98. The van der Waals surface area contributed by atoms with Gasteiger partial charge in [-0.05, 0) is 57.8 Å². The molecule has 1 unspecified atom stereocenters. The second-order valence-electron chi connectivity index (χ2n) is 6.57. The number of amides is 1. The van der Waals surface area contributed by atoms with Crippen LogP contribution in [0.25, 0.3) is 0 Å². The molecule has 2 aliphatic heterocycles. The van der Waals surface area contributed by atoms with Gasteiger partial charge < -0.3 is 15.5 Å². The van der Waals surface area contributed by atoms with E-state index in [9.17, 15) is 4.79 Å². The topological polar surface area (TPSA) is 44.4 Å². The molecule has 0 aliphatic carbocycles. The Morgan fingerprint density at radius 1 is 1.32 bits per heavy atom. The normalized spacial score (nSPS) is 25.5. The van der Waals surface area contributed by atoms with Crippen molar-refractivity contribution in [3.8, 4) is 0 Å². The van der Waals surface area contributed by atoms with Crippen LogP contribution in [0.1, 0.15) is 39.5 Å². The van der Waals surface area contributed by atoms with E-state index in [0.717, 1.165) is 26.2 Å². The van der Waals surface area contributed by atoms with Crippen molar-refractivity contribution in [1.29, 1.82) is 0 Å². The van der Waals surface area contributed by atoms with E-state index in [0.29, 0.717) is 5.92 Å². The van der Waals surface area contributed by atoms with Crippen LogP contribution >= 0.6 is 0 Å². The molecule has 110 valence electrons. The zero-order valence-corrected chi connectivity index (χ0v) is 12.5. The Labute approximate surface area is 117 Å².